The van der Waals surface area contributed by atoms with Crippen LogP contribution >= 0.6 is 0 Å². The van der Waals surface area contributed by atoms with Gasteiger partial charge in [-0.2, -0.15) is 18.3 Å². The van der Waals surface area contributed by atoms with E-state index < -0.39 is 59.4 Å². The predicted molar refractivity (Wildman–Crippen MR) is 141 cm³/mol. The van der Waals surface area contributed by atoms with E-state index in [1.54, 1.807) is 13.0 Å². The summed E-state index contributed by atoms with van der Waals surface area (Å²) in [5.74, 6) is -5.89. The number of aryl methyl sites for hydroxylation is 2. The van der Waals surface area contributed by atoms with Gasteiger partial charge < -0.3 is 20.1 Å². The highest BCUT2D eigenvalue weighted by Gasteiger charge is 2.38. The number of carboxylic acid groups (broad SMARTS) is 1. The summed E-state index contributed by atoms with van der Waals surface area (Å²) < 4.78 is 71.3. The van der Waals surface area contributed by atoms with Crippen molar-refractivity contribution in [1.82, 2.24) is 24.5 Å². The Morgan fingerprint density at radius 1 is 1.14 bits per heavy atom. The molecule has 15 heteroatoms. The van der Waals surface area contributed by atoms with Crippen LogP contribution in [0.15, 0.2) is 47.7 Å². The molecule has 42 heavy (non-hydrogen) atoms. The van der Waals surface area contributed by atoms with E-state index >= 15 is 0 Å². The molecule has 222 valence electrons. The fourth-order valence-electron chi connectivity index (χ4n) is 4.51. The Morgan fingerprint density at radius 3 is 2.40 bits per heavy atom. The van der Waals surface area contributed by atoms with Crippen molar-refractivity contribution in [2.24, 2.45) is 7.05 Å². The average molecular weight is 593 g/mol. The summed E-state index contributed by atoms with van der Waals surface area (Å²) in [7, 11) is 1.49. The van der Waals surface area contributed by atoms with Crippen molar-refractivity contribution in [2.75, 3.05) is 5.32 Å². The number of anilines is 1. The van der Waals surface area contributed by atoms with E-state index in [0.717, 1.165) is 4.68 Å². The molecule has 0 unspecified atom stereocenters. The monoisotopic (exact) mass is 592 g/mol. The molecule has 0 saturated heterocycles. The normalized spacial score (nSPS) is 13.1. The molecule has 2 atom stereocenters. The number of carboxylic acids is 1. The summed E-state index contributed by atoms with van der Waals surface area (Å²) in [4.78, 5) is 41.9. The molecule has 0 aliphatic rings. The van der Waals surface area contributed by atoms with Gasteiger partial charge in [0.15, 0.2) is 0 Å². The number of amides is 1. The first-order chi connectivity index (χ1) is 19.7. The molecular weight excluding hydrogens is 567 g/mol. The van der Waals surface area contributed by atoms with E-state index in [9.17, 15) is 41.4 Å². The number of nitrogens with zero attached hydrogens (tertiary/aromatic N) is 4. The quantitative estimate of drug-likeness (QED) is 0.252. The second kappa shape index (κ2) is 11.6. The number of hydrogen-bond donors (Lipinski definition) is 3. The Bertz CT molecular complexity index is 1710. The summed E-state index contributed by atoms with van der Waals surface area (Å²) in [6, 6.07) is 0.401. The van der Waals surface area contributed by atoms with Gasteiger partial charge in [0.2, 0.25) is 0 Å². The molecule has 0 aliphatic heterocycles. The number of imidazole rings is 1. The third-order valence-electron chi connectivity index (χ3n) is 6.66. The number of halogens is 5. The van der Waals surface area contributed by atoms with Crippen LogP contribution in [0, 0.1) is 18.6 Å². The molecule has 0 fully saturated rings. The van der Waals surface area contributed by atoms with E-state index in [2.05, 4.69) is 15.4 Å². The fourth-order valence-corrected chi connectivity index (χ4v) is 4.51. The molecule has 0 aliphatic carbocycles. The van der Waals surface area contributed by atoms with Crippen LogP contribution < -0.4 is 16.2 Å². The summed E-state index contributed by atoms with van der Waals surface area (Å²) in [6.07, 6.45) is -0.990. The zero-order chi connectivity index (χ0) is 30.9. The molecule has 0 radical (unpaired) electrons. The topological polar surface area (TPSA) is 131 Å². The molecule has 1 aromatic carbocycles. The van der Waals surface area contributed by atoms with Crippen molar-refractivity contribution >= 4 is 23.2 Å². The number of fused-ring (bicyclic) bond motifs is 1. The number of nitrogens with one attached hydrogen (secondary N) is 2. The van der Waals surface area contributed by atoms with Gasteiger partial charge in [-0.05, 0) is 43.2 Å². The third-order valence-corrected chi connectivity index (χ3v) is 6.66. The van der Waals surface area contributed by atoms with Crippen molar-refractivity contribution in [3.05, 3.63) is 81.7 Å². The highest BCUT2D eigenvalue weighted by molar-refractivity contribution is 5.97. The fraction of sp³-hybridized carbons (Fsp3) is 0.296. The molecule has 0 saturated carbocycles. The summed E-state index contributed by atoms with van der Waals surface area (Å²) in [5.41, 5.74) is -0.0463. The van der Waals surface area contributed by atoms with E-state index in [1.807, 2.05) is 5.32 Å². The number of benzene rings is 1. The number of aliphatic carboxylic acids is 1. The molecule has 3 aromatic heterocycles. The number of alkyl halides is 3. The first-order valence-corrected chi connectivity index (χ1v) is 12.6. The van der Waals surface area contributed by atoms with E-state index in [-0.39, 0.29) is 12.0 Å². The maximum atomic E-state index is 14.7. The summed E-state index contributed by atoms with van der Waals surface area (Å²) in [5, 5.41) is 17.8. The number of hydrogen-bond acceptors (Lipinski definition) is 6. The molecule has 0 spiro atoms. The van der Waals surface area contributed by atoms with Crippen molar-refractivity contribution in [1.29, 1.82) is 0 Å². The van der Waals surface area contributed by atoms with Crippen LogP contribution in [0.4, 0.5) is 27.6 Å². The highest BCUT2D eigenvalue weighted by atomic mass is 19.4. The third kappa shape index (κ3) is 5.94. The van der Waals surface area contributed by atoms with Gasteiger partial charge in [-0.15, -0.1) is 0 Å². The Morgan fingerprint density at radius 2 is 1.81 bits per heavy atom. The number of aromatic nitrogens is 4. The zero-order valence-corrected chi connectivity index (χ0v) is 22.5. The Hall–Kier alpha value is -4.82. The SMILES string of the molecule is CC[C@@H](Nc1cc(F)c(C(=O)N[C@@H](Cc2ccc(-c3c(C)cnn(C)c3=O)c3nccn23)C(=O)O)c(F)c1)C(F)(F)F. The van der Waals surface area contributed by atoms with Crippen molar-refractivity contribution < 1.29 is 36.6 Å². The van der Waals surface area contributed by atoms with Crippen LogP contribution in [0.5, 0.6) is 0 Å². The predicted octanol–water partition coefficient (Wildman–Crippen LogP) is 3.86. The van der Waals surface area contributed by atoms with E-state index in [1.165, 1.54) is 43.0 Å². The van der Waals surface area contributed by atoms with Crippen LogP contribution in [0.1, 0.15) is 35.0 Å². The minimum atomic E-state index is -4.68. The second-order valence-electron chi connectivity index (χ2n) is 9.52. The Labute approximate surface area is 234 Å². The lowest BCUT2D eigenvalue weighted by molar-refractivity contribution is -0.143. The average Bonchev–Trinajstić information content (AvgIpc) is 3.39. The minimum absolute atomic E-state index is 0.318. The van der Waals surface area contributed by atoms with Gasteiger partial charge in [0.1, 0.15) is 34.9 Å². The highest BCUT2D eigenvalue weighted by Crippen LogP contribution is 2.28. The molecule has 4 rings (SSSR count). The van der Waals surface area contributed by atoms with Crippen LogP contribution in [0.25, 0.3) is 16.8 Å². The number of carbonyl (C=O) groups is 2. The lowest BCUT2D eigenvalue weighted by atomic mass is 10.0. The molecule has 10 nitrogen and oxygen atoms in total. The van der Waals surface area contributed by atoms with Gasteiger partial charge in [0.05, 0.1) is 11.8 Å². The number of rotatable bonds is 9. The van der Waals surface area contributed by atoms with E-state index in [4.69, 9.17) is 0 Å². The van der Waals surface area contributed by atoms with Gasteiger partial charge in [-0.1, -0.05) is 6.92 Å². The number of carbonyl (C=O) groups excluding carboxylic acids is 1. The zero-order valence-electron chi connectivity index (χ0n) is 22.5. The summed E-state index contributed by atoms with van der Waals surface area (Å²) >= 11 is 0. The van der Waals surface area contributed by atoms with Crippen LogP contribution in [-0.4, -0.2) is 54.4 Å². The summed E-state index contributed by atoms with van der Waals surface area (Å²) in [6.45, 7) is 2.94. The van der Waals surface area contributed by atoms with Crippen molar-refractivity contribution in [2.45, 2.75) is 44.9 Å². The lowest BCUT2D eigenvalue weighted by Gasteiger charge is -2.22. The Balaban J connectivity index is 1.61. The van der Waals surface area contributed by atoms with Crippen LogP contribution in [0.2, 0.25) is 0 Å². The first kappa shape index (κ1) is 30.1. The maximum Gasteiger partial charge on any atom is 0.408 e. The molecular formula is C27H25F5N6O4. The van der Waals surface area contributed by atoms with Crippen molar-refractivity contribution in [3.8, 4) is 11.1 Å². The van der Waals surface area contributed by atoms with Crippen LogP contribution in [-0.2, 0) is 18.3 Å². The molecule has 3 N–H and O–H groups in total. The largest absolute Gasteiger partial charge is 0.480 e. The minimum Gasteiger partial charge on any atom is -0.480 e. The van der Waals surface area contributed by atoms with E-state index in [0.29, 0.717) is 40.2 Å². The molecule has 1 amide bonds. The molecule has 4 aromatic rings. The molecule has 0 bridgehead atoms. The van der Waals surface area contributed by atoms with Gasteiger partial charge in [-0.3, -0.25) is 9.59 Å². The van der Waals surface area contributed by atoms with Gasteiger partial charge >= 0.3 is 12.1 Å². The smallest absolute Gasteiger partial charge is 0.408 e. The lowest BCUT2D eigenvalue weighted by Crippen LogP contribution is -2.43. The maximum absolute atomic E-state index is 14.7. The Kier molecular flexibility index (Phi) is 8.31. The van der Waals surface area contributed by atoms with Crippen molar-refractivity contribution in [3.63, 3.8) is 0 Å². The second-order valence-corrected chi connectivity index (χ2v) is 9.52. The van der Waals surface area contributed by atoms with Crippen LogP contribution in [0.3, 0.4) is 0 Å². The van der Waals surface area contributed by atoms with Gasteiger partial charge in [0, 0.05) is 42.8 Å². The van der Waals surface area contributed by atoms with Gasteiger partial charge in [0.25, 0.3) is 11.5 Å². The molecule has 3 heterocycles. The standard InChI is InChI=1S/C27H25F5N6O4/c1-4-20(27(30,31)32)35-14-9-17(28)22(18(29)10-14)24(39)36-19(26(41)42)11-15-5-6-16(23-33-7-8-38(15)23)21-13(2)12-34-37(3)25(21)40/h5-10,12,19-20,35H,4,11H2,1-3H3,(H,36,39)(H,41,42)/t19-,20+/m0/s1. The number of pyridine rings is 1. The van der Waals surface area contributed by atoms with Gasteiger partial charge in [-0.25, -0.2) is 23.2 Å². The first-order valence-electron chi connectivity index (χ1n) is 12.6.